The first-order valence-corrected chi connectivity index (χ1v) is 37.4. The van der Waals surface area contributed by atoms with Gasteiger partial charge in [0, 0.05) is 78.4 Å². The Morgan fingerprint density at radius 2 is 0.463 bits per heavy atom. The summed E-state index contributed by atoms with van der Waals surface area (Å²) >= 11 is 0. The van der Waals surface area contributed by atoms with Crippen molar-refractivity contribution in [3.63, 3.8) is 0 Å². The van der Waals surface area contributed by atoms with Crippen LogP contribution in [-0.4, -0.2) is 15.8 Å². The molecule has 500 valence electrons. The highest BCUT2D eigenvalue weighted by molar-refractivity contribution is 7.00. The Balaban J connectivity index is 0.867. The van der Waals surface area contributed by atoms with E-state index in [1.807, 2.05) is 0 Å². The number of fused-ring (bicyclic) bond motifs is 22. The van der Waals surface area contributed by atoms with Gasteiger partial charge in [0.05, 0.1) is 27.8 Å². The molecule has 2 aromatic heterocycles. The van der Waals surface area contributed by atoms with Crippen LogP contribution in [-0.2, 0) is 0 Å². The van der Waals surface area contributed by atoms with Crippen LogP contribution in [0.4, 0.5) is 51.2 Å². The zero-order chi connectivity index (χ0) is 70.7. The van der Waals surface area contributed by atoms with Crippen molar-refractivity contribution >= 4 is 183 Å². The average Bonchev–Trinajstić information content (AvgIpc) is 0.728. The molecule has 0 N–H and O–H groups in total. The van der Waals surface area contributed by atoms with Gasteiger partial charge < -0.3 is 23.8 Å². The van der Waals surface area contributed by atoms with Crippen LogP contribution >= 0.6 is 0 Å². The van der Waals surface area contributed by atoms with Gasteiger partial charge in [-0.15, -0.1) is 0 Å². The van der Waals surface area contributed by atoms with Gasteiger partial charge in [0.25, 0.3) is 6.71 Å². The molecular formula is C102H64BN5. The Bertz CT molecular complexity index is 6710. The van der Waals surface area contributed by atoms with Crippen molar-refractivity contribution in [3.8, 4) is 33.6 Å². The minimum absolute atomic E-state index is 0.250. The maximum absolute atomic E-state index is 2.64. The molecule has 0 saturated carbocycles. The van der Waals surface area contributed by atoms with Crippen LogP contribution in [0.2, 0.25) is 0 Å². The van der Waals surface area contributed by atoms with Gasteiger partial charge >= 0.3 is 0 Å². The smallest absolute Gasteiger partial charge is 0.252 e. The summed E-state index contributed by atoms with van der Waals surface area (Å²) in [5.41, 5.74) is 24.7. The highest BCUT2D eigenvalue weighted by Gasteiger charge is 2.45. The fourth-order valence-electron chi connectivity index (χ4n) is 18.7. The molecule has 0 amide bonds. The van der Waals surface area contributed by atoms with Gasteiger partial charge in [-0.1, -0.05) is 279 Å². The molecule has 2 aliphatic rings. The number of anilines is 9. The van der Waals surface area contributed by atoms with Crippen molar-refractivity contribution in [1.29, 1.82) is 0 Å². The predicted octanol–water partition coefficient (Wildman–Crippen LogP) is 25.7. The lowest BCUT2D eigenvalue weighted by Crippen LogP contribution is -2.61. The summed E-state index contributed by atoms with van der Waals surface area (Å²) in [7, 11) is 0. The van der Waals surface area contributed by atoms with Gasteiger partial charge in [0.2, 0.25) is 0 Å². The van der Waals surface area contributed by atoms with Crippen LogP contribution in [0, 0.1) is 0 Å². The lowest BCUT2D eigenvalue weighted by atomic mass is 9.33. The Labute approximate surface area is 624 Å². The first kappa shape index (κ1) is 60.2. The second-order valence-electron chi connectivity index (χ2n) is 29.0. The highest BCUT2D eigenvalue weighted by Crippen LogP contribution is 2.52. The SMILES string of the molecule is c1ccc(-c2ccc(N(c3ccc(-c4ccccc4)cc3)c3cc4c5c(c3)N(c3ccc6c7ccccc7c7ccccc7c6c3)c3cc(-n6c7ccccc7c7ccccc76)ccc3B5c3ccc(-n5c6ccccc6c6ccccc65)cc3N4c3ccc4c5ccccc5c5ccccc5c4c3)cc2)cc1. The van der Waals surface area contributed by atoms with E-state index in [0.717, 1.165) is 95.8 Å². The van der Waals surface area contributed by atoms with Crippen LogP contribution in [0.25, 0.3) is 142 Å². The normalized spacial score (nSPS) is 12.6. The van der Waals surface area contributed by atoms with Crippen molar-refractivity contribution in [1.82, 2.24) is 9.13 Å². The molecule has 0 spiro atoms. The van der Waals surface area contributed by atoms with E-state index in [9.17, 15) is 0 Å². The second-order valence-corrected chi connectivity index (χ2v) is 29.0. The third-order valence-electron chi connectivity index (χ3n) is 23.4. The Kier molecular flexibility index (Phi) is 13.2. The van der Waals surface area contributed by atoms with E-state index in [4.69, 9.17) is 0 Å². The van der Waals surface area contributed by atoms with E-state index in [1.54, 1.807) is 0 Å². The number of para-hydroxylation sites is 4. The first-order valence-electron chi connectivity index (χ1n) is 37.4. The van der Waals surface area contributed by atoms with Crippen LogP contribution in [0.5, 0.6) is 0 Å². The molecule has 23 rings (SSSR count). The van der Waals surface area contributed by atoms with E-state index in [0.29, 0.717) is 0 Å². The standard InChI is InChI=1S/C102H64BN5/c1-3-23-65(24-4-1)67-43-47-69(48-44-67)104(70-49-45-68(46-50-70)66-25-5-2-6-26-66)75-63-100-102-101(64-75)108(72-52-56-85-81-32-10-8-28-77(81)79-30-12-14-34-83(79)91(85)60-72)99-62-74(106-96-41-21-17-37-88(96)89-38-18-22-42-97(89)106)54-58-93(99)103(102)92-57-53-73(105-94-39-19-15-35-86(94)87-36-16-20-40-95(87)105)61-98(92)107(100)71-51-55-84-80-31-9-7-27-76(80)78-29-11-13-33-82(78)90(84)59-71/h1-64H. The Morgan fingerprint density at radius 1 is 0.185 bits per heavy atom. The molecule has 108 heavy (non-hydrogen) atoms. The van der Waals surface area contributed by atoms with Gasteiger partial charge in [-0.05, 0) is 212 Å². The summed E-state index contributed by atoms with van der Waals surface area (Å²) in [6.45, 7) is -0.250. The van der Waals surface area contributed by atoms with Gasteiger partial charge in [0.1, 0.15) is 0 Å². The second kappa shape index (κ2) is 23.7. The zero-order valence-corrected chi connectivity index (χ0v) is 58.8. The first-order chi connectivity index (χ1) is 53.6. The van der Waals surface area contributed by atoms with Crippen molar-refractivity contribution in [2.45, 2.75) is 0 Å². The number of aromatic nitrogens is 2. The predicted molar refractivity (Wildman–Crippen MR) is 460 cm³/mol. The molecule has 0 saturated heterocycles. The van der Waals surface area contributed by atoms with E-state index in [2.05, 4.69) is 412 Å². The topological polar surface area (TPSA) is 19.6 Å². The summed E-state index contributed by atoms with van der Waals surface area (Å²) in [4.78, 5) is 7.78. The Morgan fingerprint density at radius 3 is 0.806 bits per heavy atom. The molecule has 6 heteroatoms. The minimum Gasteiger partial charge on any atom is -0.311 e. The lowest BCUT2D eigenvalue weighted by molar-refractivity contribution is 1.16. The Hall–Kier alpha value is -14.2. The highest BCUT2D eigenvalue weighted by atomic mass is 15.2. The summed E-state index contributed by atoms with van der Waals surface area (Å²) in [5, 5.41) is 19.6. The summed E-state index contributed by atoms with van der Waals surface area (Å²) in [6, 6.07) is 146. The van der Waals surface area contributed by atoms with Crippen molar-refractivity contribution in [2.75, 3.05) is 14.7 Å². The van der Waals surface area contributed by atoms with E-state index >= 15 is 0 Å². The van der Waals surface area contributed by atoms with E-state index in [1.165, 1.54) is 114 Å². The largest absolute Gasteiger partial charge is 0.311 e. The zero-order valence-electron chi connectivity index (χ0n) is 58.8. The maximum Gasteiger partial charge on any atom is 0.252 e. The van der Waals surface area contributed by atoms with Crippen LogP contribution in [0.1, 0.15) is 0 Å². The average molecular weight is 1370 g/mol. The number of hydrogen-bond donors (Lipinski definition) is 0. The number of benzene rings is 19. The number of nitrogens with zero attached hydrogens (tertiary/aromatic N) is 5. The molecule has 0 bridgehead atoms. The summed E-state index contributed by atoms with van der Waals surface area (Å²) in [5.74, 6) is 0. The van der Waals surface area contributed by atoms with Gasteiger partial charge in [-0.3, -0.25) is 0 Å². The molecule has 0 aliphatic carbocycles. The fourth-order valence-corrected chi connectivity index (χ4v) is 18.7. The molecular weight excluding hydrogens is 1310 g/mol. The maximum atomic E-state index is 2.64. The van der Waals surface area contributed by atoms with Crippen molar-refractivity contribution < 1.29 is 0 Å². The van der Waals surface area contributed by atoms with E-state index in [-0.39, 0.29) is 6.71 Å². The van der Waals surface area contributed by atoms with Gasteiger partial charge in [-0.2, -0.15) is 0 Å². The molecule has 0 fully saturated rings. The van der Waals surface area contributed by atoms with E-state index < -0.39 is 0 Å². The monoisotopic (exact) mass is 1370 g/mol. The molecule has 0 unspecified atom stereocenters. The van der Waals surface area contributed by atoms with Crippen LogP contribution < -0.4 is 31.1 Å². The third kappa shape index (κ3) is 9.01. The number of rotatable bonds is 9. The molecule has 5 nitrogen and oxygen atoms in total. The molecule has 19 aromatic carbocycles. The fraction of sp³-hybridized carbons (Fsp3) is 0. The molecule has 0 atom stereocenters. The quantitative estimate of drug-likeness (QED) is 0.106. The number of hydrogen-bond acceptors (Lipinski definition) is 3. The molecule has 4 heterocycles. The minimum atomic E-state index is -0.250. The van der Waals surface area contributed by atoms with Gasteiger partial charge in [0.15, 0.2) is 0 Å². The van der Waals surface area contributed by atoms with Crippen molar-refractivity contribution in [2.24, 2.45) is 0 Å². The molecule has 21 aromatic rings. The summed E-state index contributed by atoms with van der Waals surface area (Å²) < 4.78 is 4.98. The lowest BCUT2D eigenvalue weighted by Gasteiger charge is -2.45. The van der Waals surface area contributed by atoms with Crippen LogP contribution in [0.15, 0.2) is 388 Å². The summed E-state index contributed by atoms with van der Waals surface area (Å²) in [6.07, 6.45) is 0. The molecule has 0 radical (unpaired) electrons. The van der Waals surface area contributed by atoms with Crippen LogP contribution in [0.3, 0.4) is 0 Å². The van der Waals surface area contributed by atoms with Crippen molar-refractivity contribution in [3.05, 3.63) is 388 Å². The third-order valence-corrected chi connectivity index (χ3v) is 23.4. The molecule has 2 aliphatic heterocycles. The van der Waals surface area contributed by atoms with Gasteiger partial charge in [-0.25, -0.2) is 0 Å².